The molecule has 0 saturated carbocycles. The highest BCUT2D eigenvalue weighted by atomic mass is 32.2. The molecule has 0 saturated heterocycles. The number of nitrogens with one attached hydrogen (secondary N) is 1. The lowest BCUT2D eigenvalue weighted by Gasteiger charge is -2.19. The largest absolute Gasteiger partial charge is 0.417 e. The number of nitriles is 1. The number of pyridine rings is 1. The summed E-state index contributed by atoms with van der Waals surface area (Å²) in [5.74, 6) is 0.231. The van der Waals surface area contributed by atoms with Gasteiger partial charge in [-0.1, -0.05) is 18.2 Å². The molecule has 3 heterocycles. The molecule has 0 bridgehead atoms. The first-order valence-corrected chi connectivity index (χ1v) is 11.4. The molecule has 0 amide bonds. The van der Waals surface area contributed by atoms with Gasteiger partial charge in [0, 0.05) is 40.8 Å². The van der Waals surface area contributed by atoms with Gasteiger partial charge in [0.25, 0.3) is 0 Å². The Morgan fingerprint density at radius 2 is 1.86 bits per heavy atom. The van der Waals surface area contributed by atoms with Crippen molar-refractivity contribution in [1.82, 2.24) is 24.2 Å². The molecule has 0 aromatic carbocycles. The van der Waals surface area contributed by atoms with E-state index in [0.717, 1.165) is 17.2 Å². The van der Waals surface area contributed by atoms with Crippen LogP contribution in [-0.2, 0) is 12.6 Å². The molecular weight excluding hydrogens is 473 g/mol. The number of halogens is 3. The summed E-state index contributed by atoms with van der Waals surface area (Å²) < 4.78 is 44.7. The highest BCUT2D eigenvalue weighted by Gasteiger charge is 2.32. The molecule has 3 aromatic heterocycles. The molecule has 10 heteroatoms. The SMILES string of the molecule is C/C=C(\C=C/Cc1c(C#N)c2cc(C(F)(F)F)cnc2n1-c1ncccn1)SNC(C)(C)C.C=C. The van der Waals surface area contributed by atoms with Crippen molar-refractivity contribution in [2.45, 2.75) is 45.8 Å². The van der Waals surface area contributed by atoms with Crippen molar-refractivity contribution in [2.75, 3.05) is 0 Å². The topological polar surface area (TPSA) is 79.4 Å². The fraction of sp³-hybridized carbons (Fsp3) is 0.280. The van der Waals surface area contributed by atoms with E-state index in [-0.39, 0.29) is 34.5 Å². The molecule has 3 rings (SSSR count). The summed E-state index contributed by atoms with van der Waals surface area (Å²) in [6.07, 6.45) is 5.20. The minimum absolute atomic E-state index is 0.0837. The molecule has 3 aromatic rings. The highest BCUT2D eigenvalue weighted by molar-refractivity contribution is 8.01. The van der Waals surface area contributed by atoms with E-state index in [9.17, 15) is 18.4 Å². The van der Waals surface area contributed by atoms with Crippen molar-refractivity contribution in [3.05, 3.63) is 83.8 Å². The zero-order valence-corrected chi connectivity index (χ0v) is 20.8. The maximum absolute atomic E-state index is 13.3. The number of allylic oxidation sites excluding steroid dienone is 3. The Hall–Kier alpha value is -3.42. The van der Waals surface area contributed by atoms with Gasteiger partial charge in [0.15, 0.2) is 0 Å². The Kier molecular flexibility index (Phi) is 9.40. The minimum atomic E-state index is -4.57. The zero-order valence-electron chi connectivity index (χ0n) is 20.0. The van der Waals surface area contributed by atoms with Gasteiger partial charge in [-0.2, -0.15) is 18.4 Å². The van der Waals surface area contributed by atoms with Crippen LogP contribution in [0.4, 0.5) is 13.2 Å². The van der Waals surface area contributed by atoms with Crippen LogP contribution >= 0.6 is 11.9 Å². The molecule has 184 valence electrons. The summed E-state index contributed by atoms with van der Waals surface area (Å²) in [6, 6.07) is 4.64. The predicted molar refractivity (Wildman–Crippen MR) is 135 cm³/mol. The third kappa shape index (κ3) is 7.04. The van der Waals surface area contributed by atoms with Gasteiger partial charge in [-0.3, -0.25) is 9.29 Å². The summed E-state index contributed by atoms with van der Waals surface area (Å²) in [5, 5.41) is 9.95. The molecule has 0 radical (unpaired) electrons. The van der Waals surface area contributed by atoms with E-state index in [1.165, 1.54) is 28.9 Å². The molecule has 0 atom stereocenters. The van der Waals surface area contributed by atoms with Gasteiger partial charge in [-0.05, 0) is 51.8 Å². The number of fused-ring (bicyclic) bond motifs is 1. The van der Waals surface area contributed by atoms with Gasteiger partial charge in [0.2, 0.25) is 5.95 Å². The fourth-order valence-corrected chi connectivity index (χ4v) is 3.70. The third-order valence-electron chi connectivity index (χ3n) is 4.45. The normalized spacial score (nSPS) is 12.5. The molecule has 0 unspecified atom stereocenters. The highest BCUT2D eigenvalue weighted by Crippen LogP contribution is 2.34. The van der Waals surface area contributed by atoms with Crippen LogP contribution in [0.25, 0.3) is 17.0 Å². The summed E-state index contributed by atoms with van der Waals surface area (Å²) in [7, 11) is 0. The zero-order chi connectivity index (χ0) is 26.2. The first-order valence-electron chi connectivity index (χ1n) is 10.6. The number of hydrogen-bond donors (Lipinski definition) is 1. The number of aromatic nitrogens is 4. The van der Waals surface area contributed by atoms with Crippen molar-refractivity contribution in [1.29, 1.82) is 5.26 Å². The number of nitrogens with zero attached hydrogens (tertiary/aromatic N) is 5. The molecular formula is C25H27F3N6S. The van der Waals surface area contributed by atoms with E-state index < -0.39 is 11.7 Å². The van der Waals surface area contributed by atoms with E-state index in [0.29, 0.717) is 5.69 Å². The van der Waals surface area contributed by atoms with Crippen LogP contribution in [0.2, 0.25) is 0 Å². The van der Waals surface area contributed by atoms with Crippen LogP contribution in [0.1, 0.15) is 44.5 Å². The monoisotopic (exact) mass is 500 g/mol. The Bertz CT molecular complexity index is 1250. The predicted octanol–water partition coefficient (Wildman–Crippen LogP) is 6.55. The standard InChI is InChI=1S/C23H23F3N6S.C2H4/c1-5-16(33-31-22(2,3)4)8-6-9-19-18(13-27)17-12-15(23(24,25)26)14-30-20(17)32(19)21-28-10-7-11-29-21;1-2/h5-8,10-12,14,31H,9H2,1-4H3;1-2H2/b8-6-,16-5+;. The van der Waals surface area contributed by atoms with Crippen molar-refractivity contribution in [3.63, 3.8) is 0 Å². The van der Waals surface area contributed by atoms with E-state index in [1.54, 1.807) is 6.07 Å². The van der Waals surface area contributed by atoms with Crippen molar-refractivity contribution >= 4 is 23.0 Å². The molecule has 35 heavy (non-hydrogen) atoms. The summed E-state index contributed by atoms with van der Waals surface area (Å²) in [4.78, 5) is 13.4. The molecule has 0 aliphatic heterocycles. The molecule has 0 aliphatic rings. The lowest BCUT2D eigenvalue weighted by molar-refractivity contribution is -0.137. The van der Waals surface area contributed by atoms with E-state index in [4.69, 9.17) is 0 Å². The quantitative estimate of drug-likeness (QED) is 0.235. The van der Waals surface area contributed by atoms with Crippen molar-refractivity contribution in [3.8, 4) is 12.0 Å². The maximum atomic E-state index is 13.3. The minimum Gasteiger partial charge on any atom is -0.264 e. The second-order valence-electron chi connectivity index (χ2n) is 8.16. The maximum Gasteiger partial charge on any atom is 0.417 e. The van der Waals surface area contributed by atoms with Crippen LogP contribution in [0.5, 0.6) is 0 Å². The van der Waals surface area contributed by atoms with Crippen LogP contribution in [-0.4, -0.2) is 25.1 Å². The first kappa shape index (κ1) is 27.8. The summed E-state index contributed by atoms with van der Waals surface area (Å²) >= 11 is 1.47. The Balaban J connectivity index is 0.00000210. The van der Waals surface area contributed by atoms with E-state index in [2.05, 4.69) is 59.7 Å². The van der Waals surface area contributed by atoms with Crippen LogP contribution in [0, 0.1) is 11.3 Å². The number of rotatable bonds is 6. The Morgan fingerprint density at radius 3 is 2.40 bits per heavy atom. The van der Waals surface area contributed by atoms with Crippen molar-refractivity contribution in [2.24, 2.45) is 0 Å². The van der Waals surface area contributed by atoms with Gasteiger partial charge in [-0.15, -0.1) is 13.2 Å². The Labute approximate surface area is 207 Å². The second-order valence-corrected chi connectivity index (χ2v) is 9.04. The molecule has 1 N–H and O–H groups in total. The van der Waals surface area contributed by atoms with Crippen LogP contribution in [0.3, 0.4) is 0 Å². The number of hydrogen-bond acceptors (Lipinski definition) is 6. The van der Waals surface area contributed by atoms with Gasteiger partial charge in [0.05, 0.1) is 16.8 Å². The van der Waals surface area contributed by atoms with E-state index >= 15 is 0 Å². The smallest absolute Gasteiger partial charge is 0.264 e. The average molecular weight is 501 g/mol. The fourth-order valence-electron chi connectivity index (χ4n) is 3.00. The molecule has 0 aliphatic carbocycles. The van der Waals surface area contributed by atoms with Gasteiger partial charge in [-0.25, -0.2) is 15.0 Å². The second kappa shape index (κ2) is 11.8. The molecule has 0 fully saturated rings. The first-order chi connectivity index (χ1) is 16.5. The molecule has 6 nitrogen and oxygen atoms in total. The molecule has 0 spiro atoms. The van der Waals surface area contributed by atoms with Crippen LogP contribution < -0.4 is 4.72 Å². The van der Waals surface area contributed by atoms with Gasteiger partial charge in [0.1, 0.15) is 11.7 Å². The van der Waals surface area contributed by atoms with Gasteiger partial charge < -0.3 is 0 Å². The third-order valence-corrected chi connectivity index (χ3v) is 5.77. The average Bonchev–Trinajstić information content (AvgIpc) is 3.14. The van der Waals surface area contributed by atoms with Crippen molar-refractivity contribution < 1.29 is 13.2 Å². The van der Waals surface area contributed by atoms with Crippen LogP contribution in [0.15, 0.2) is 67.0 Å². The number of alkyl halides is 3. The lowest BCUT2D eigenvalue weighted by atomic mass is 10.1. The van der Waals surface area contributed by atoms with E-state index in [1.807, 2.05) is 25.2 Å². The summed E-state index contributed by atoms with van der Waals surface area (Å²) in [6.45, 7) is 14.1. The lowest BCUT2D eigenvalue weighted by Crippen LogP contribution is -2.29. The van der Waals surface area contributed by atoms with Gasteiger partial charge >= 0.3 is 6.18 Å². The summed E-state index contributed by atoms with van der Waals surface area (Å²) in [5.41, 5.74) is -0.223. The Morgan fingerprint density at radius 1 is 1.20 bits per heavy atom.